The third-order valence-corrected chi connectivity index (χ3v) is 8.08. The van der Waals surface area contributed by atoms with Gasteiger partial charge < -0.3 is 19.8 Å². The van der Waals surface area contributed by atoms with Crippen LogP contribution in [-0.4, -0.2) is 63.3 Å². The molecule has 188 valence electrons. The number of rotatable bonds is 11. The fourth-order valence-corrected chi connectivity index (χ4v) is 5.84. The largest absolute Gasteiger partial charge is 0.497 e. The van der Waals surface area contributed by atoms with Crippen LogP contribution in [0, 0.1) is 11.8 Å². The minimum Gasteiger partial charge on any atom is -0.497 e. The Morgan fingerprint density at radius 2 is 2.09 bits per heavy atom. The Kier molecular flexibility index (Phi) is 9.63. The number of ether oxygens (including phenoxy) is 1. The molecule has 6 nitrogen and oxygen atoms in total. The number of aromatic nitrogens is 1. The summed E-state index contributed by atoms with van der Waals surface area (Å²) in [7, 11) is 1.63. The van der Waals surface area contributed by atoms with Gasteiger partial charge in [0, 0.05) is 29.3 Å². The maximum Gasteiger partial charge on any atom is 0.303 e. The topological polar surface area (TPSA) is 82.9 Å². The Labute approximate surface area is 208 Å². The van der Waals surface area contributed by atoms with Gasteiger partial charge >= 0.3 is 5.97 Å². The summed E-state index contributed by atoms with van der Waals surface area (Å²) < 4.78 is 5.64. The van der Waals surface area contributed by atoms with Crippen molar-refractivity contribution in [1.82, 2.24) is 9.88 Å². The number of aliphatic hydroxyl groups excluding tert-OH is 1. The second kappa shape index (κ2) is 12.2. The zero-order valence-electron chi connectivity index (χ0n) is 21.0. The molecule has 1 saturated heterocycles. The molecule has 0 amide bonds. The van der Waals surface area contributed by atoms with Gasteiger partial charge in [0.1, 0.15) is 5.75 Å². The normalized spacial score (nSPS) is 20.4. The number of carbonyl (C=O) groups is 1. The second-order valence-corrected chi connectivity index (χ2v) is 12.3. The number of aliphatic carboxylic acids is 1. The van der Waals surface area contributed by atoms with Crippen LogP contribution in [-0.2, 0) is 4.79 Å². The fourth-order valence-electron chi connectivity index (χ4n) is 4.95. The number of carboxylic acid groups (broad SMARTS) is 1. The van der Waals surface area contributed by atoms with Gasteiger partial charge in [0.05, 0.1) is 18.7 Å². The summed E-state index contributed by atoms with van der Waals surface area (Å²) in [5.74, 6) is 1.58. The van der Waals surface area contributed by atoms with E-state index in [1.165, 1.54) is 0 Å². The highest BCUT2D eigenvalue weighted by molar-refractivity contribution is 8.00. The van der Waals surface area contributed by atoms with Crippen LogP contribution >= 0.6 is 11.8 Å². The summed E-state index contributed by atoms with van der Waals surface area (Å²) in [5, 5.41) is 21.5. The number of aliphatic hydroxyl groups is 1. The van der Waals surface area contributed by atoms with Crippen LogP contribution in [0.3, 0.4) is 0 Å². The number of piperidine rings is 1. The van der Waals surface area contributed by atoms with E-state index in [0.717, 1.165) is 66.9 Å². The highest BCUT2D eigenvalue weighted by atomic mass is 32.2. The van der Waals surface area contributed by atoms with E-state index in [0.29, 0.717) is 12.3 Å². The average Bonchev–Trinajstić information content (AvgIpc) is 2.79. The number of nitrogens with zero attached hydrogens (tertiary/aromatic N) is 2. The predicted octanol–water partition coefficient (Wildman–Crippen LogP) is 5.39. The Balaban J connectivity index is 1.59. The van der Waals surface area contributed by atoms with Gasteiger partial charge in [0.2, 0.25) is 0 Å². The number of thioether (sulfide) groups is 1. The van der Waals surface area contributed by atoms with E-state index in [4.69, 9.17) is 4.74 Å². The summed E-state index contributed by atoms with van der Waals surface area (Å²) in [6.45, 7) is 9.59. The summed E-state index contributed by atoms with van der Waals surface area (Å²) in [6, 6.07) is 7.57. The molecule has 1 aliphatic rings. The third-order valence-electron chi connectivity index (χ3n) is 6.72. The molecule has 1 aromatic carbocycles. The van der Waals surface area contributed by atoms with Crippen molar-refractivity contribution < 1.29 is 19.7 Å². The van der Waals surface area contributed by atoms with E-state index < -0.39 is 12.1 Å². The summed E-state index contributed by atoms with van der Waals surface area (Å²) in [6.07, 6.45) is 4.86. The lowest BCUT2D eigenvalue weighted by atomic mass is 9.79. The number of likely N-dealkylation sites (tertiary alicyclic amines) is 1. The zero-order valence-corrected chi connectivity index (χ0v) is 21.8. The smallest absolute Gasteiger partial charge is 0.303 e. The standard InChI is InChI=1S/C27H40N2O4S/c1-27(2,3)34-15-5-13-29-14-11-19(20(18-29)16-26(31)32)6-9-25(30)22-10-12-28-24-8-7-21(33-4)17-23(22)24/h7-8,10,12,17,19-20,25,30H,5-6,9,11,13-16,18H2,1-4H3,(H,31,32)/t19-,20+,25+/m1/s1. The van der Waals surface area contributed by atoms with Gasteiger partial charge in [0.15, 0.2) is 0 Å². The van der Waals surface area contributed by atoms with Crippen molar-refractivity contribution in [3.63, 3.8) is 0 Å². The molecule has 7 heteroatoms. The van der Waals surface area contributed by atoms with Crippen LogP contribution in [0.4, 0.5) is 0 Å². The molecule has 1 fully saturated rings. The molecule has 2 N–H and O–H groups in total. The molecular weight excluding hydrogens is 448 g/mol. The molecule has 2 heterocycles. The summed E-state index contributed by atoms with van der Waals surface area (Å²) >= 11 is 1.99. The molecule has 1 aromatic heterocycles. The first-order valence-corrected chi connectivity index (χ1v) is 13.3. The van der Waals surface area contributed by atoms with E-state index in [1.54, 1.807) is 13.3 Å². The van der Waals surface area contributed by atoms with Crippen LogP contribution in [0.2, 0.25) is 0 Å². The van der Waals surface area contributed by atoms with Crippen molar-refractivity contribution in [3.05, 3.63) is 36.0 Å². The lowest BCUT2D eigenvalue weighted by molar-refractivity contribution is -0.139. The van der Waals surface area contributed by atoms with Crippen LogP contribution in [0.5, 0.6) is 5.75 Å². The van der Waals surface area contributed by atoms with Gasteiger partial charge in [-0.05, 0) is 86.2 Å². The molecule has 0 saturated carbocycles. The van der Waals surface area contributed by atoms with Crippen molar-refractivity contribution >= 4 is 28.6 Å². The van der Waals surface area contributed by atoms with Crippen LogP contribution in [0.1, 0.15) is 64.5 Å². The minimum absolute atomic E-state index is 0.128. The lowest BCUT2D eigenvalue weighted by Crippen LogP contribution is -2.42. The first-order chi connectivity index (χ1) is 16.2. The van der Waals surface area contributed by atoms with Gasteiger partial charge in [-0.1, -0.05) is 20.8 Å². The molecule has 2 aromatic rings. The fraction of sp³-hybridized carbons (Fsp3) is 0.630. The van der Waals surface area contributed by atoms with Crippen molar-refractivity contribution in [3.8, 4) is 5.75 Å². The van der Waals surface area contributed by atoms with E-state index in [2.05, 4.69) is 30.7 Å². The number of benzene rings is 1. The molecular formula is C27H40N2O4S. The van der Waals surface area contributed by atoms with Gasteiger partial charge in [-0.25, -0.2) is 0 Å². The van der Waals surface area contributed by atoms with E-state index in [9.17, 15) is 15.0 Å². The van der Waals surface area contributed by atoms with Crippen molar-refractivity contribution in [2.45, 2.75) is 63.7 Å². The van der Waals surface area contributed by atoms with Gasteiger partial charge in [0.25, 0.3) is 0 Å². The Hall–Kier alpha value is -1.83. The number of fused-ring (bicyclic) bond motifs is 1. The highest BCUT2D eigenvalue weighted by Gasteiger charge is 2.31. The van der Waals surface area contributed by atoms with Crippen LogP contribution in [0.25, 0.3) is 10.9 Å². The van der Waals surface area contributed by atoms with E-state index >= 15 is 0 Å². The number of hydrogen-bond acceptors (Lipinski definition) is 6. The number of methoxy groups -OCH3 is 1. The van der Waals surface area contributed by atoms with Crippen molar-refractivity contribution in [2.24, 2.45) is 11.8 Å². The first-order valence-electron chi connectivity index (χ1n) is 12.3. The molecule has 34 heavy (non-hydrogen) atoms. The Morgan fingerprint density at radius 3 is 2.79 bits per heavy atom. The molecule has 0 aliphatic carbocycles. The second-order valence-electron chi connectivity index (χ2n) is 10.4. The van der Waals surface area contributed by atoms with Crippen molar-refractivity contribution in [1.29, 1.82) is 0 Å². The van der Waals surface area contributed by atoms with E-state index in [-0.39, 0.29) is 17.1 Å². The molecule has 3 atom stereocenters. The van der Waals surface area contributed by atoms with Gasteiger partial charge in [-0.3, -0.25) is 9.78 Å². The predicted molar refractivity (Wildman–Crippen MR) is 140 cm³/mol. The minimum atomic E-state index is -0.729. The molecule has 0 unspecified atom stereocenters. The Morgan fingerprint density at radius 1 is 1.29 bits per heavy atom. The lowest BCUT2D eigenvalue weighted by Gasteiger charge is -2.38. The SMILES string of the molecule is COc1ccc2nccc([C@@H](O)CC[C@@H]3CCN(CCCSC(C)(C)C)C[C@@H]3CC(=O)O)c2c1. The molecule has 0 bridgehead atoms. The van der Waals surface area contributed by atoms with Gasteiger partial charge in [-0.2, -0.15) is 11.8 Å². The zero-order chi connectivity index (χ0) is 24.7. The van der Waals surface area contributed by atoms with Gasteiger partial charge in [-0.15, -0.1) is 0 Å². The van der Waals surface area contributed by atoms with Crippen molar-refractivity contribution in [2.75, 3.05) is 32.5 Å². The monoisotopic (exact) mass is 488 g/mol. The maximum absolute atomic E-state index is 11.6. The maximum atomic E-state index is 11.6. The molecule has 0 radical (unpaired) electrons. The van der Waals surface area contributed by atoms with Crippen LogP contribution < -0.4 is 4.74 Å². The third kappa shape index (κ3) is 7.85. The quantitative estimate of drug-likeness (QED) is 0.410. The van der Waals surface area contributed by atoms with E-state index in [1.807, 2.05) is 36.0 Å². The number of carboxylic acids is 1. The average molecular weight is 489 g/mol. The number of hydrogen-bond donors (Lipinski definition) is 2. The molecule has 0 spiro atoms. The molecule has 1 aliphatic heterocycles. The summed E-state index contributed by atoms with van der Waals surface area (Å²) in [5.41, 5.74) is 1.69. The Bertz CT molecular complexity index is 946. The highest BCUT2D eigenvalue weighted by Crippen LogP contribution is 2.35. The summed E-state index contributed by atoms with van der Waals surface area (Å²) in [4.78, 5) is 18.4. The van der Waals surface area contributed by atoms with Crippen LogP contribution in [0.15, 0.2) is 30.5 Å². The first kappa shape index (κ1) is 26.8. The molecule has 3 rings (SSSR count). The number of pyridine rings is 1.